The normalized spacial score (nSPS) is 27.9. The molecule has 1 amide bonds. The van der Waals surface area contributed by atoms with Gasteiger partial charge in [0.15, 0.2) is 0 Å². The zero-order chi connectivity index (χ0) is 15.1. The van der Waals surface area contributed by atoms with Gasteiger partial charge in [0, 0.05) is 24.6 Å². The molecule has 0 aromatic heterocycles. The lowest BCUT2D eigenvalue weighted by Crippen LogP contribution is -2.44. The number of amides is 1. The number of likely N-dealkylation sites (tertiary alicyclic amines) is 1. The Morgan fingerprint density at radius 1 is 1.18 bits per heavy atom. The van der Waals surface area contributed by atoms with Gasteiger partial charge in [-0.2, -0.15) is 0 Å². The van der Waals surface area contributed by atoms with Crippen LogP contribution in [0.2, 0.25) is 0 Å². The first-order chi connectivity index (χ1) is 10.7. The number of fused-ring (bicyclic) bond motifs is 2. The van der Waals surface area contributed by atoms with E-state index in [9.17, 15) is 4.79 Å². The minimum absolute atomic E-state index is 0.162. The third kappa shape index (κ3) is 2.30. The van der Waals surface area contributed by atoms with Gasteiger partial charge in [-0.25, -0.2) is 0 Å². The highest BCUT2D eigenvalue weighted by Crippen LogP contribution is 2.33. The number of carbonyl (C=O) groups excluding carboxylic acids is 1. The molecule has 3 heteroatoms. The fraction of sp³-hybridized carbons (Fsp3) is 0.421. The van der Waals surface area contributed by atoms with Crippen LogP contribution in [-0.4, -0.2) is 36.1 Å². The average molecular weight is 295 g/mol. The molecule has 4 rings (SSSR count). The predicted molar refractivity (Wildman–Crippen MR) is 86.9 cm³/mol. The Bertz CT molecular complexity index is 706. The van der Waals surface area contributed by atoms with Crippen molar-refractivity contribution in [2.75, 3.05) is 13.1 Å². The summed E-state index contributed by atoms with van der Waals surface area (Å²) in [6.07, 6.45) is 2.73. The summed E-state index contributed by atoms with van der Waals surface area (Å²) >= 11 is 0. The molecule has 0 bridgehead atoms. The SMILES string of the molecule is C[C@H]1C[C@H]2CN(C(=O)c3cccc4ccccc34)CC[C@H]2O1. The monoisotopic (exact) mass is 295 g/mol. The maximum atomic E-state index is 13.0. The van der Waals surface area contributed by atoms with Crippen LogP contribution in [0.3, 0.4) is 0 Å². The molecule has 0 unspecified atom stereocenters. The summed E-state index contributed by atoms with van der Waals surface area (Å²) < 4.78 is 5.93. The van der Waals surface area contributed by atoms with Crippen LogP contribution in [0.5, 0.6) is 0 Å². The molecule has 0 aliphatic carbocycles. The number of hydrogen-bond donors (Lipinski definition) is 0. The largest absolute Gasteiger partial charge is 0.375 e. The van der Waals surface area contributed by atoms with Crippen LogP contribution in [0, 0.1) is 5.92 Å². The lowest BCUT2D eigenvalue weighted by atomic mass is 9.92. The maximum absolute atomic E-state index is 13.0. The van der Waals surface area contributed by atoms with Crippen molar-refractivity contribution >= 4 is 16.7 Å². The predicted octanol–water partition coefficient (Wildman–Crippen LogP) is 3.48. The Morgan fingerprint density at radius 2 is 2.00 bits per heavy atom. The number of nitrogens with zero attached hydrogens (tertiary/aromatic N) is 1. The summed E-state index contributed by atoms with van der Waals surface area (Å²) in [6.45, 7) is 3.77. The molecule has 2 aliphatic heterocycles. The summed E-state index contributed by atoms with van der Waals surface area (Å²) in [6, 6.07) is 14.1. The van der Waals surface area contributed by atoms with Crippen LogP contribution >= 0.6 is 0 Å². The fourth-order valence-corrected chi connectivity index (χ4v) is 3.96. The van der Waals surface area contributed by atoms with Crippen molar-refractivity contribution in [1.29, 1.82) is 0 Å². The van der Waals surface area contributed by atoms with Crippen molar-refractivity contribution < 1.29 is 9.53 Å². The van der Waals surface area contributed by atoms with Gasteiger partial charge in [0.05, 0.1) is 12.2 Å². The fourth-order valence-electron chi connectivity index (χ4n) is 3.96. The Labute approximate surface area is 130 Å². The van der Waals surface area contributed by atoms with Crippen molar-refractivity contribution in [3.8, 4) is 0 Å². The third-order valence-corrected chi connectivity index (χ3v) is 5.01. The number of carbonyl (C=O) groups is 1. The van der Waals surface area contributed by atoms with Gasteiger partial charge in [0.2, 0.25) is 0 Å². The topological polar surface area (TPSA) is 29.5 Å². The van der Waals surface area contributed by atoms with E-state index < -0.39 is 0 Å². The second-order valence-electron chi connectivity index (χ2n) is 6.55. The smallest absolute Gasteiger partial charge is 0.254 e. The van der Waals surface area contributed by atoms with Gasteiger partial charge in [-0.05, 0) is 36.6 Å². The van der Waals surface area contributed by atoms with Gasteiger partial charge >= 0.3 is 0 Å². The first-order valence-electron chi connectivity index (χ1n) is 8.15. The molecule has 22 heavy (non-hydrogen) atoms. The molecule has 0 radical (unpaired) electrons. The Balaban J connectivity index is 1.61. The first kappa shape index (κ1) is 13.8. The molecule has 2 aliphatic rings. The Hall–Kier alpha value is -1.87. The summed E-state index contributed by atoms with van der Waals surface area (Å²) in [5.41, 5.74) is 0.823. The highest BCUT2D eigenvalue weighted by Gasteiger charge is 2.38. The van der Waals surface area contributed by atoms with E-state index in [4.69, 9.17) is 4.74 Å². The molecule has 0 saturated carbocycles. The molecular formula is C19H21NO2. The van der Waals surface area contributed by atoms with E-state index in [-0.39, 0.29) is 5.91 Å². The Morgan fingerprint density at radius 3 is 2.91 bits per heavy atom. The maximum Gasteiger partial charge on any atom is 0.254 e. The van der Waals surface area contributed by atoms with Gasteiger partial charge in [0.25, 0.3) is 5.91 Å². The van der Waals surface area contributed by atoms with Crippen LogP contribution in [-0.2, 0) is 4.74 Å². The second kappa shape index (κ2) is 5.40. The van der Waals surface area contributed by atoms with Crippen molar-refractivity contribution in [2.45, 2.75) is 32.0 Å². The molecule has 3 atom stereocenters. The molecule has 0 N–H and O–H groups in total. The number of hydrogen-bond acceptors (Lipinski definition) is 2. The van der Waals surface area contributed by atoms with E-state index in [1.165, 1.54) is 0 Å². The molecule has 114 valence electrons. The van der Waals surface area contributed by atoms with Crippen LogP contribution in [0.15, 0.2) is 42.5 Å². The lowest BCUT2D eigenvalue weighted by Gasteiger charge is -2.34. The third-order valence-electron chi connectivity index (χ3n) is 5.01. The van der Waals surface area contributed by atoms with Crippen LogP contribution in [0.25, 0.3) is 10.8 Å². The van der Waals surface area contributed by atoms with Crippen LogP contribution < -0.4 is 0 Å². The summed E-state index contributed by atoms with van der Waals surface area (Å²) in [5.74, 6) is 0.664. The van der Waals surface area contributed by atoms with E-state index in [1.54, 1.807) is 0 Å². The summed E-state index contributed by atoms with van der Waals surface area (Å²) in [4.78, 5) is 15.0. The van der Waals surface area contributed by atoms with E-state index in [1.807, 2.05) is 35.2 Å². The highest BCUT2D eigenvalue weighted by molar-refractivity contribution is 6.07. The summed E-state index contributed by atoms with van der Waals surface area (Å²) in [5, 5.41) is 2.18. The minimum atomic E-state index is 0.162. The number of rotatable bonds is 1. The van der Waals surface area contributed by atoms with Gasteiger partial charge in [-0.1, -0.05) is 36.4 Å². The first-order valence-corrected chi connectivity index (χ1v) is 8.15. The van der Waals surface area contributed by atoms with E-state index in [2.05, 4.69) is 19.1 Å². The molecular weight excluding hydrogens is 274 g/mol. The number of piperidine rings is 1. The van der Waals surface area contributed by atoms with Crippen molar-refractivity contribution in [3.05, 3.63) is 48.0 Å². The quantitative estimate of drug-likeness (QED) is 0.806. The zero-order valence-corrected chi connectivity index (χ0v) is 12.9. The molecule has 0 spiro atoms. The number of ether oxygens (including phenoxy) is 1. The van der Waals surface area contributed by atoms with E-state index in [0.717, 1.165) is 42.3 Å². The summed E-state index contributed by atoms with van der Waals surface area (Å²) in [7, 11) is 0. The number of benzene rings is 2. The van der Waals surface area contributed by atoms with Crippen LogP contribution in [0.1, 0.15) is 30.1 Å². The molecule has 2 aromatic carbocycles. The molecule has 2 fully saturated rings. The van der Waals surface area contributed by atoms with E-state index in [0.29, 0.717) is 18.1 Å². The van der Waals surface area contributed by atoms with Crippen molar-refractivity contribution in [2.24, 2.45) is 5.92 Å². The standard InChI is InChI=1S/C19H21NO2/c1-13-11-15-12-20(10-9-18(15)22-13)19(21)17-8-4-6-14-5-2-3-7-16(14)17/h2-8,13,15,18H,9-12H2,1H3/t13-,15-,18+/m0/s1. The van der Waals surface area contributed by atoms with E-state index >= 15 is 0 Å². The van der Waals surface area contributed by atoms with Gasteiger partial charge in [-0.3, -0.25) is 4.79 Å². The van der Waals surface area contributed by atoms with Crippen molar-refractivity contribution in [1.82, 2.24) is 4.90 Å². The van der Waals surface area contributed by atoms with Crippen molar-refractivity contribution in [3.63, 3.8) is 0 Å². The van der Waals surface area contributed by atoms with Crippen LogP contribution in [0.4, 0.5) is 0 Å². The van der Waals surface area contributed by atoms with Gasteiger partial charge < -0.3 is 9.64 Å². The van der Waals surface area contributed by atoms with Gasteiger partial charge in [0.1, 0.15) is 0 Å². The Kier molecular flexibility index (Phi) is 3.38. The molecule has 3 nitrogen and oxygen atoms in total. The second-order valence-corrected chi connectivity index (χ2v) is 6.55. The zero-order valence-electron chi connectivity index (χ0n) is 12.9. The van der Waals surface area contributed by atoms with Gasteiger partial charge in [-0.15, -0.1) is 0 Å². The minimum Gasteiger partial charge on any atom is -0.375 e. The lowest BCUT2D eigenvalue weighted by molar-refractivity contribution is 0.00870. The molecule has 2 heterocycles. The molecule has 2 saturated heterocycles. The highest BCUT2D eigenvalue weighted by atomic mass is 16.5. The average Bonchev–Trinajstić information content (AvgIpc) is 2.92. The molecule has 2 aromatic rings.